The summed E-state index contributed by atoms with van der Waals surface area (Å²) in [4.78, 5) is 39.2. The Kier molecular flexibility index (Phi) is 6.49. The Bertz CT molecular complexity index is 1000. The number of nitrogens with two attached hydrogens (primary N) is 1. The fourth-order valence-electron chi connectivity index (χ4n) is 4.14. The monoisotopic (exact) mass is 433 g/mol. The molecule has 3 amide bonds. The lowest BCUT2D eigenvalue weighted by molar-refractivity contribution is -0.131. The zero-order valence-electron chi connectivity index (χ0n) is 17.8. The Hall–Kier alpha value is -3.68. The molecule has 2 aliphatic rings. The Morgan fingerprint density at radius 2 is 1.59 bits per heavy atom. The average Bonchev–Trinajstić information content (AvgIpc) is 3.29. The van der Waals surface area contributed by atoms with Gasteiger partial charge in [-0.15, -0.1) is 0 Å². The number of amides is 3. The second-order valence-electron chi connectivity index (χ2n) is 8.12. The number of carbonyl (C=O) groups excluding carboxylic acids is 3. The van der Waals surface area contributed by atoms with E-state index in [4.69, 9.17) is 5.73 Å². The summed E-state index contributed by atoms with van der Waals surface area (Å²) in [7, 11) is 0. The van der Waals surface area contributed by atoms with Gasteiger partial charge in [0.1, 0.15) is 11.8 Å². The first-order chi connectivity index (χ1) is 15.5. The Morgan fingerprint density at radius 1 is 0.969 bits per heavy atom. The van der Waals surface area contributed by atoms with Crippen LogP contribution >= 0.6 is 0 Å². The van der Waals surface area contributed by atoms with Crippen molar-refractivity contribution in [3.63, 3.8) is 0 Å². The molecular weight excluding hydrogens is 406 g/mol. The van der Waals surface area contributed by atoms with E-state index < -0.39 is 11.9 Å². The lowest BCUT2D eigenvalue weighted by Gasteiger charge is -2.31. The number of para-hydroxylation sites is 1. The molecule has 0 radical (unpaired) electrons. The van der Waals surface area contributed by atoms with Gasteiger partial charge in [0.25, 0.3) is 5.91 Å². The summed E-state index contributed by atoms with van der Waals surface area (Å²) in [6.45, 7) is 1.46. The van der Waals surface area contributed by atoms with Crippen LogP contribution in [-0.2, 0) is 20.9 Å². The first-order valence-electron chi connectivity index (χ1n) is 10.8. The number of nitrogens with zero attached hydrogens (tertiary/aromatic N) is 3. The molecule has 0 aromatic heterocycles. The molecule has 2 aromatic rings. The van der Waals surface area contributed by atoms with E-state index >= 15 is 0 Å². The molecule has 3 N–H and O–H groups in total. The maximum absolute atomic E-state index is 13.0. The van der Waals surface area contributed by atoms with Gasteiger partial charge in [0.05, 0.1) is 5.69 Å². The largest absolute Gasteiger partial charge is 0.368 e. The van der Waals surface area contributed by atoms with Crippen molar-refractivity contribution in [1.82, 2.24) is 10.2 Å². The van der Waals surface area contributed by atoms with Gasteiger partial charge in [-0.05, 0) is 30.5 Å². The first kappa shape index (κ1) is 21.5. The van der Waals surface area contributed by atoms with Crippen LogP contribution in [0.25, 0.3) is 0 Å². The van der Waals surface area contributed by atoms with Crippen molar-refractivity contribution in [3.8, 4) is 0 Å². The molecule has 0 unspecified atom stereocenters. The normalized spacial score (nSPS) is 18.9. The van der Waals surface area contributed by atoms with Crippen LogP contribution in [-0.4, -0.2) is 47.5 Å². The van der Waals surface area contributed by atoms with E-state index in [-0.39, 0.29) is 24.2 Å². The van der Waals surface area contributed by atoms with E-state index in [0.717, 1.165) is 5.56 Å². The van der Waals surface area contributed by atoms with Crippen molar-refractivity contribution in [1.29, 1.82) is 0 Å². The molecule has 1 fully saturated rings. The zero-order valence-corrected chi connectivity index (χ0v) is 17.8. The molecular formula is C24H27N5O3. The fourth-order valence-corrected chi connectivity index (χ4v) is 4.14. The summed E-state index contributed by atoms with van der Waals surface area (Å²) < 4.78 is 0. The fraction of sp³-hybridized carbons (Fsp3) is 0.333. The molecule has 1 atom stereocenters. The highest BCUT2D eigenvalue weighted by Gasteiger charge is 2.37. The quantitative estimate of drug-likeness (QED) is 0.722. The topological polar surface area (TPSA) is 108 Å². The lowest BCUT2D eigenvalue weighted by atomic mass is 9.95. The molecule has 2 heterocycles. The van der Waals surface area contributed by atoms with E-state index in [1.165, 1.54) is 5.01 Å². The van der Waals surface area contributed by atoms with Crippen molar-refractivity contribution in [2.75, 3.05) is 18.1 Å². The van der Waals surface area contributed by atoms with Crippen LogP contribution in [0.2, 0.25) is 0 Å². The van der Waals surface area contributed by atoms with Crippen molar-refractivity contribution in [2.24, 2.45) is 16.8 Å². The van der Waals surface area contributed by atoms with E-state index in [0.29, 0.717) is 43.9 Å². The van der Waals surface area contributed by atoms with Gasteiger partial charge >= 0.3 is 0 Å². The number of anilines is 1. The second-order valence-corrected chi connectivity index (χ2v) is 8.12. The molecule has 32 heavy (non-hydrogen) atoms. The second kappa shape index (κ2) is 9.64. The molecule has 0 saturated carbocycles. The zero-order chi connectivity index (χ0) is 22.5. The summed E-state index contributed by atoms with van der Waals surface area (Å²) in [5, 5.41) is 8.94. The molecule has 0 spiro atoms. The molecule has 1 saturated heterocycles. The number of rotatable bonds is 6. The molecule has 4 rings (SSSR count). The molecule has 8 heteroatoms. The number of hydrazone groups is 1. The van der Waals surface area contributed by atoms with E-state index in [1.54, 1.807) is 4.90 Å². The Labute approximate surface area is 187 Å². The first-order valence-corrected chi connectivity index (χ1v) is 10.8. The van der Waals surface area contributed by atoms with E-state index in [1.807, 2.05) is 60.7 Å². The van der Waals surface area contributed by atoms with Crippen LogP contribution in [0.15, 0.2) is 65.8 Å². The van der Waals surface area contributed by atoms with Crippen LogP contribution in [0, 0.1) is 5.92 Å². The predicted octanol–water partition coefficient (Wildman–Crippen LogP) is 1.66. The van der Waals surface area contributed by atoms with Crippen LogP contribution in [0.3, 0.4) is 0 Å². The average molecular weight is 434 g/mol. The van der Waals surface area contributed by atoms with Gasteiger partial charge in [0.2, 0.25) is 11.8 Å². The van der Waals surface area contributed by atoms with Crippen molar-refractivity contribution < 1.29 is 14.4 Å². The standard InChI is InChI=1S/C24H27N5O3/c25-22(30)21-15-20(27-29(21)19-9-5-2-6-10-19)24(32)28-13-11-18(12-14-28)23(31)26-16-17-7-3-1-4-8-17/h1-10,18,21H,11-16H2,(H2,25,30)(H,26,31)/t21-/m1/s1. The summed E-state index contributed by atoms with van der Waals surface area (Å²) in [5.41, 5.74) is 7.66. The van der Waals surface area contributed by atoms with E-state index in [9.17, 15) is 14.4 Å². The molecule has 0 aliphatic carbocycles. The smallest absolute Gasteiger partial charge is 0.270 e. The van der Waals surface area contributed by atoms with Gasteiger partial charge in [0.15, 0.2) is 0 Å². The summed E-state index contributed by atoms with van der Waals surface area (Å²) in [6.07, 6.45) is 1.38. The molecule has 0 bridgehead atoms. The number of benzene rings is 2. The van der Waals surface area contributed by atoms with Crippen LogP contribution in [0.4, 0.5) is 5.69 Å². The minimum atomic E-state index is -0.683. The highest BCUT2D eigenvalue weighted by atomic mass is 16.2. The number of carbonyl (C=O) groups is 3. The molecule has 2 aliphatic heterocycles. The van der Waals surface area contributed by atoms with Crippen molar-refractivity contribution in [2.45, 2.75) is 31.8 Å². The molecule has 166 valence electrons. The SMILES string of the molecule is NC(=O)[C@H]1CC(C(=O)N2CCC(C(=O)NCc3ccccc3)CC2)=NN1c1ccccc1. The van der Waals surface area contributed by atoms with Crippen LogP contribution < -0.4 is 16.1 Å². The van der Waals surface area contributed by atoms with Gasteiger partial charge in [-0.25, -0.2) is 0 Å². The third-order valence-electron chi connectivity index (χ3n) is 5.97. The van der Waals surface area contributed by atoms with Gasteiger partial charge in [-0.2, -0.15) is 5.10 Å². The van der Waals surface area contributed by atoms with Gasteiger partial charge in [0, 0.05) is 32.0 Å². The van der Waals surface area contributed by atoms with Crippen LogP contribution in [0.5, 0.6) is 0 Å². The lowest BCUT2D eigenvalue weighted by Crippen LogP contribution is -2.45. The van der Waals surface area contributed by atoms with Gasteiger partial charge in [-0.1, -0.05) is 48.5 Å². The maximum atomic E-state index is 13.0. The van der Waals surface area contributed by atoms with Crippen molar-refractivity contribution in [3.05, 3.63) is 66.2 Å². The summed E-state index contributed by atoms with van der Waals surface area (Å²) in [5.74, 6) is -0.817. The highest BCUT2D eigenvalue weighted by molar-refractivity contribution is 6.40. The summed E-state index contributed by atoms with van der Waals surface area (Å²) in [6, 6.07) is 18.3. The van der Waals surface area contributed by atoms with Gasteiger partial charge < -0.3 is 16.0 Å². The number of piperidine rings is 1. The third kappa shape index (κ3) is 4.80. The molecule has 8 nitrogen and oxygen atoms in total. The minimum absolute atomic E-state index is 0.0169. The minimum Gasteiger partial charge on any atom is -0.368 e. The van der Waals surface area contributed by atoms with Gasteiger partial charge in [-0.3, -0.25) is 19.4 Å². The number of primary amides is 1. The Morgan fingerprint density at radius 3 is 2.22 bits per heavy atom. The maximum Gasteiger partial charge on any atom is 0.270 e. The Balaban J connectivity index is 1.34. The summed E-state index contributed by atoms with van der Waals surface area (Å²) >= 11 is 0. The predicted molar refractivity (Wildman–Crippen MR) is 122 cm³/mol. The third-order valence-corrected chi connectivity index (χ3v) is 5.97. The highest BCUT2D eigenvalue weighted by Crippen LogP contribution is 2.26. The van der Waals surface area contributed by atoms with Crippen LogP contribution in [0.1, 0.15) is 24.8 Å². The number of hydrogen-bond acceptors (Lipinski definition) is 5. The number of nitrogens with one attached hydrogen (secondary N) is 1. The molecule has 2 aromatic carbocycles. The number of likely N-dealkylation sites (tertiary alicyclic amines) is 1. The number of hydrogen-bond donors (Lipinski definition) is 2. The van der Waals surface area contributed by atoms with E-state index in [2.05, 4.69) is 10.4 Å². The van der Waals surface area contributed by atoms with Crippen molar-refractivity contribution >= 4 is 29.1 Å².